The molecule has 5 nitrogen and oxygen atoms in total. The number of anilines is 2. The zero-order valence-corrected chi connectivity index (χ0v) is 15.8. The number of carbonyl (C=O) groups is 1. The molecule has 5 heteroatoms. The summed E-state index contributed by atoms with van der Waals surface area (Å²) in [5.41, 5.74) is 4.42. The van der Waals surface area contributed by atoms with Crippen LogP contribution in [0, 0.1) is 5.41 Å². The van der Waals surface area contributed by atoms with Crippen LogP contribution in [-0.4, -0.2) is 18.0 Å². The molecule has 4 rings (SSSR count). The number of carbonyl (C=O) groups excluding carboxylic acids is 1. The third-order valence-corrected chi connectivity index (χ3v) is 5.26. The maximum atomic E-state index is 13.1. The number of phenolic OH excluding ortho intramolecular Hbond substituents is 1. The molecule has 1 atom stereocenters. The van der Waals surface area contributed by atoms with E-state index in [9.17, 15) is 9.90 Å². The highest BCUT2D eigenvalue weighted by molar-refractivity contribution is 6.01. The van der Waals surface area contributed by atoms with Crippen molar-refractivity contribution in [2.24, 2.45) is 5.41 Å². The summed E-state index contributed by atoms with van der Waals surface area (Å²) in [6.45, 7) is 4.25. The number of benzene rings is 2. The van der Waals surface area contributed by atoms with Gasteiger partial charge in [-0.2, -0.15) is 0 Å². The number of hydrogen-bond donors (Lipinski definition) is 3. The SMILES string of the molecule is COc1cc([C@H]2Nc3ccccc3NC3=C2C(=O)CC(C)(C)C3)ccc1O. The molecule has 0 unspecified atom stereocenters. The minimum atomic E-state index is -0.311. The predicted molar refractivity (Wildman–Crippen MR) is 106 cm³/mol. The molecule has 1 aliphatic heterocycles. The fourth-order valence-corrected chi connectivity index (χ4v) is 4.01. The lowest BCUT2D eigenvalue weighted by molar-refractivity contribution is -0.118. The van der Waals surface area contributed by atoms with Gasteiger partial charge in [0, 0.05) is 17.7 Å². The minimum absolute atomic E-state index is 0.0821. The molecule has 2 aliphatic rings. The topological polar surface area (TPSA) is 70.6 Å². The number of Topliss-reactive ketones (excluding diaryl/α,β-unsaturated/α-hetero) is 1. The molecule has 2 aromatic carbocycles. The van der Waals surface area contributed by atoms with E-state index in [1.54, 1.807) is 12.1 Å². The summed E-state index contributed by atoms with van der Waals surface area (Å²) >= 11 is 0. The average molecular weight is 364 g/mol. The molecule has 0 radical (unpaired) electrons. The maximum absolute atomic E-state index is 13.1. The average Bonchev–Trinajstić information content (AvgIpc) is 2.77. The van der Waals surface area contributed by atoms with Crippen LogP contribution in [0.5, 0.6) is 11.5 Å². The van der Waals surface area contributed by atoms with E-state index in [2.05, 4.69) is 24.5 Å². The fourth-order valence-electron chi connectivity index (χ4n) is 4.01. The van der Waals surface area contributed by atoms with Crippen molar-refractivity contribution in [1.82, 2.24) is 0 Å². The first-order valence-electron chi connectivity index (χ1n) is 9.14. The van der Waals surface area contributed by atoms with Gasteiger partial charge in [0.05, 0.1) is 24.5 Å². The second kappa shape index (κ2) is 6.34. The van der Waals surface area contributed by atoms with E-state index in [0.29, 0.717) is 12.2 Å². The van der Waals surface area contributed by atoms with Gasteiger partial charge >= 0.3 is 0 Å². The van der Waals surface area contributed by atoms with Crippen LogP contribution in [0.3, 0.4) is 0 Å². The van der Waals surface area contributed by atoms with Gasteiger partial charge in [-0.05, 0) is 41.7 Å². The third-order valence-electron chi connectivity index (χ3n) is 5.26. The molecular formula is C22H24N2O3. The van der Waals surface area contributed by atoms with Gasteiger partial charge in [0.2, 0.25) is 0 Å². The molecule has 0 saturated heterocycles. The number of nitrogens with one attached hydrogen (secondary N) is 2. The fraction of sp³-hybridized carbons (Fsp3) is 0.318. The third kappa shape index (κ3) is 3.14. The number of aromatic hydroxyl groups is 1. The zero-order chi connectivity index (χ0) is 19.2. The minimum Gasteiger partial charge on any atom is -0.504 e. The molecule has 140 valence electrons. The second-order valence-corrected chi connectivity index (χ2v) is 8.01. The second-order valence-electron chi connectivity index (χ2n) is 8.01. The molecule has 0 bridgehead atoms. The molecule has 0 saturated carbocycles. The van der Waals surface area contributed by atoms with Crippen LogP contribution in [0.1, 0.15) is 38.3 Å². The summed E-state index contributed by atoms with van der Waals surface area (Å²) < 4.78 is 5.28. The largest absolute Gasteiger partial charge is 0.504 e. The summed E-state index contributed by atoms with van der Waals surface area (Å²) in [6.07, 6.45) is 1.31. The molecule has 27 heavy (non-hydrogen) atoms. The van der Waals surface area contributed by atoms with E-state index in [1.807, 2.05) is 30.3 Å². The quantitative estimate of drug-likeness (QED) is 0.725. The molecule has 0 aromatic heterocycles. The van der Waals surface area contributed by atoms with Gasteiger partial charge in [0.15, 0.2) is 17.3 Å². The molecule has 1 heterocycles. The Morgan fingerprint density at radius 1 is 1.11 bits per heavy atom. The standard InChI is InChI=1S/C22H24N2O3/c1-22(2)11-16-20(18(26)12-22)21(13-8-9-17(25)19(10-13)27-3)24-15-7-5-4-6-14(15)23-16/h4-10,21,23-25H,11-12H2,1-3H3/t21-/m1/s1. The highest BCUT2D eigenvalue weighted by atomic mass is 16.5. The molecule has 0 spiro atoms. The summed E-state index contributed by atoms with van der Waals surface area (Å²) in [5.74, 6) is 0.621. The first kappa shape index (κ1) is 17.5. The summed E-state index contributed by atoms with van der Waals surface area (Å²) in [7, 11) is 1.52. The van der Waals surface area contributed by atoms with Crippen molar-refractivity contribution >= 4 is 17.2 Å². The van der Waals surface area contributed by atoms with E-state index in [4.69, 9.17) is 4.74 Å². The van der Waals surface area contributed by atoms with Crippen LogP contribution in [0.15, 0.2) is 53.7 Å². The van der Waals surface area contributed by atoms with Gasteiger partial charge < -0.3 is 20.5 Å². The van der Waals surface area contributed by atoms with Crippen LogP contribution in [0.4, 0.5) is 11.4 Å². The van der Waals surface area contributed by atoms with Gasteiger partial charge in [-0.1, -0.05) is 32.0 Å². The Balaban J connectivity index is 1.89. The van der Waals surface area contributed by atoms with E-state index in [0.717, 1.165) is 34.6 Å². The zero-order valence-electron chi connectivity index (χ0n) is 15.8. The number of hydrogen-bond acceptors (Lipinski definition) is 5. The highest BCUT2D eigenvalue weighted by Gasteiger charge is 2.38. The van der Waals surface area contributed by atoms with E-state index in [1.165, 1.54) is 7.11 Å². The Labute approximate surface area is 159 Å². The van der Waals surface area contributed by atoms with Crippen LogP contribution < -0.4 is 15.4 Å². The van der Waals surface area contributed by atoms with Gasteiger partial charge in [0.25, 0.3) is 0 Å². The van der Waals surface area contributed by atoms with Gasteiger partial charge in [-0.15, -0.1) is 0 Å². The van der Waals surface area contributed by atoms with E-state index < -0.39 is 0 Å². The smallest absolute Gasteiger partial charge is 0.163 e. The van der Waals surface area contributed by atoms with Crippen molar-refractivity contribution in [2.45, 2.75) is 32.7 Å². The number of allylic oxidation sites excluding steroid dienone is 1. The van der Waals surface area contributed by atoms with Gasteiger partial charge in [-0.3, -0.25) is 4.79 Å². The first-order valence-corrected chi connectivity index (χ1v) is 9.14. The summed E-state index contributed by atoms with van der Waals surface area (Å²) in [5, 5.41) is 17.0. The number of phenols is 1. The van der Waals surface area contributed by atoms with Crippen molar-refractivity contribution in [3.05, 3.63) is 59.3 Å². The maximum Gasteiger partial charge on any atom is 0.163 e. The molecular weight excluding hydrogens is 340 g/mol. The van der Waals surface area contributed by atoms with Gasteiger partial charge in [-0.25, -0.2) is 0 Å². The van der Waals surface area contributed by atoms with Crippen molar-refractivity contribution in [2.75, 3.05) is 17.7 Å². The number of para-hydroxylation sites is 2. The first-order chi connectivity index (χ1) is 12.9. The van der Waals surface area contributed by atoms with Crippen LogP contribution in [-0.2, 0) is 4.79 Å². The van der Waals surface area contributed by atoms with Crippen LogP contribution in [0.2, 0.25) is 0 Å². The summed E-state index contributed by atoms with van der Waals surface area (Å²) in [4.78, 5) is 13.1. The van der Waals surface area contributed by atoms with Crippen molar-refractivity contribution in [3.63, 3.8) is 0 Å². The lowest BCUT2D eigenvalue weighted by Crippen LogP contribution is -2.31. The monoisotopic (exact) mass is 364 g/mol. The Morgan fingerprint density at radius 3 is 2.59 bits per heavy atom. The molecule has 2 aromatic rings. The molecule has 3 N–H and O–H groups in total. The number of ketones is 1. The highest BCUT2D eigenvalue weighted by Crippen LogP contribution is 2.46. The Morgan fingerprint density at radius 2 is 1.85 bits per heavy atom. The molecule has 0 amide bonds. The lowest BCUT2D eigenvalue weighted by Gasteiger charge is -2.34. The Kier molecular flexibility index (Phi) is 4.10. The molecule has 0 fully saturated rings. The predicted octanol–water partition coefficient (Wildman–Crippen LogP) is 4.62. The molecule has 1 aliphatic carbocycles. The Bertz CT molecular complexity index is 946. The van der Waals surface area contributed by atoms with E-state index in [-0.39, 0.29) is 23.0 Å². The number of ether oxygens (including phenoxy) is 1. The van der Waals surface area contributed by atoms with Crippen molar-refractivity contribution < 1.29 is 14.6 Å². The van der Waals surface area contributed by atoms with Gasteiger partial charge in [0.1, 0.15) is 0 Å². The van der Waals surface area contributed by atoms with Crippen LogP contribution >= 0.6 is 0 Å². The van der Waals surface area contributed by atoms with E-state index >= 15 is 0 Å². The van der Waals surface area contributed by atoms with Crippen LogP contribution in [0.25, 0.3) is 0 Å². The van der Waals surface area contributed by atoms with Crippen molar-refractivity contribution in [1.29, 1.82) is 0 Å². The summed E-state index contributed by atoms with van der Waals surface area (Å²) in [6, 6.07) is 12.9. The number of rotatable bonds is 2. The Hall–Kier alpha value is -2.95. The number of fused-ring (bicyclic) bond motifs is 1. The lowest BCUT2D eigenvalue weighted by atomic mass is 9.73. The normalized spacial score (nSPS) is 20.7. The number of methoxy groups -OCH3 is 1. The van der Waals surface area contributed by atoms with Crippen molar-refractivity contribution in [3.8, 4) is 11.5 Å².